The lowest BCUT2D eigenvalue weighted by Gasteiger charge is -2.13. The number of allylic oxidation sites excluding steroid dienone is 1. The van der Waals surface area contributed by atoms with E-state index in [4.69, 9.17) is 4.74 Å². The smallest absolute Gasteiger partial charge is 0.0806 e. The van der Waals surface area contributed by atoms with E-state index in [1.807, 2.05) is 0 Å². The number of hydrogen-bond donors (Lipinski definition) is 0. The van der Waals surface area contributed by atoms with Gasteiger partial charge < -0.3 is 4.74 Å². The van der Waals surface area contributed by atoms with E-state index >= 15 is 0 Å². The fourth-order valence-corrected chi connectivity index (χ4v) is 1.97. The minimum Gasteiger partial charge on any atom is -0.370 e. The molecule has 2 rings (SSSR count). The average molecular weight is 188 g/mol. The first kappa shape index (κ1) is 9.47. The molecule has 74 valence electrons. The van der Waals surface area contributed by atoms with E-state index in [2.05, 4.69) is 44.2 Å². The van der Waals surface area contributed by atoms with Gasteiger partial charge in [0.05, 0.1) is 12.7 Å². The normalized spacial score (nSPS) is 21.0. The van der Waals surface area contributed by atoms with Crippen molar-refractivity contribution >= 4 is 5.57 Å². The first-order valence-corrected chi connectivity index (χ1v) is 5.23. The zero-order chi connectivity index (χ0) is 9.97. The fourth-order valence-electron chi connectivity index (χ4n) is 1.97. The molecule has 1 aliphatic rings. The quantitative estimate of drug-likeness (QED) is 0.654. The maximum absolute atomic E-state index is 5.68. The van der Waals surface area contributed by atoms with Crippen LogP contribution < -0.4 is 0 Å². The highest BCUT2D eigenvalue weighted by molar-refractivity contribution is 5.69. The second-order valence-electron chi connectivity index (χ2n) is 3.65. The Hall–Kier alpha value is -1.08. The van der Waals surface area contributed by atoms with Gasteiger partial charge in [0.15, 0.2) is 0 Å². The molecule has 1 aromatic carbocycles. The van der Waals surface area contributed by atoms with Gasteiger partial charge in [0.25, 0.3) is 0 Å². The molecule has 0 N–H and O–H groups in total. The molecule has 0 spiro atoms. The first-order chi connectivity index (χ1) is 6.83. The van der Waals surface area contributed by atoms with E-state index in [1.165, 1.54) is 16.7 Å². The highest BCUT2D eigenvalue weighted by atomic mass is 16.5. The van der Waals surface area contributed by atoms with E-state index in [0.29, 0.717) is 0 Å². The Morgan fingerprint density at radius 2 is 2.14 bits per heavy atom. The van der Waals surface area contributed by atoms with Gasteiger partial charge in [0.1, 0.15) is 0 Å². The zero-order valence-electron chi connectivity index (χ0n) is 8.79. The third-order valence-corrected chi connectivity index (χ3v) is 2.80. The summed E-state index contributed by atoms with van der Waals surface area (Å²) in [7, 11) is 0. The van der Waals surface area contributed by atoms with Crippen molar-refractivity contribution in [2.45, 2.75) is 26.4 Å². The lowest BCUT2D eigenvalue weighted by Crippen LogP contribution is -1.99. The Kier molecular flexibility index (Phi) is 2.69. The molecular formula is C13H16O. The van der Waals surface area contributed by atoms with Gasteiger partial charge in [0.2, 0.25) is 0 Å². The molecule has 0 saturated heterocycles. The van der Waals surface area contributed by atoms with E-state index in [-0.39, 0.29) is 6.10 Å². The minimum absolute atomic E-state index is 0.214. The summed E-state index contributed by atoms with van der Waals surface area (Å²) in [6, 6.07) is 8.53. The number of fused-ring (bicyclic) bond motifs is 1. The van der Waals surface area contributed by atoms with Crippen molar-refractivity contribution < 1.29 is 4.74 Å². The third-order valence-electron chi connectivity index (χ3n) is 2.80. The SMILES string of the molecule is CCC1=CCOC(C)c2ccccc21. The Morgan fingerprint density at radius 1 is 1.36 bits per heavy atom. The van der Waals surface area contributed by atoms with Crippen LogP contribution in [0.5, 0.6) is 0 Å². The van der Waals surface area contributed by atoms with Crippen molar-refractivity contribution in [2.24, 2.45) is 0 Å². The molecule has 0 aliphatic carbocycles. The van der Waals surface area contributed by atoms with Crippen LogP contribution >= 0.6 is 0 Å². The van der Waals surface area contributed by atoms with Crippen LogP contribution in [-0.2, 0) is 4.74 Å². The maximum Gasteiger partial charge on any atom is 0.0806 e. The van der Waals surface area contributed by atoms with Crippen molar-refractivity contribution in [1.29, 1.82) is 0 Å². The van der Waals surface area contributed by atoms with Crippen molar-refractivity contribution in [3.05, 3.63) is 41.5 Å². The van der Waals surface area contributed by atoms with Crippen LogP contribution in [-0.4, -0.2) is 6.61 Å². The van der Waals surface area contributed by atoms with E-state index < -0.39 is 0 Å². The Balaban J connectivity index is 2.51. The maximum atomic E-state index is 5.68. The van der Waals surface area contributed by atoms with Crippen molar-refractivity contribution in [1.82, 2.24) is 0 Å². The van der Waals surface area contributed by atoms with Crippen molar-refractivity contribution in [2.75, 3.05) is 6.61 Å². The van der Waals surface area contributed by atoms with E-state index in [1.54, 1.807) is 0 Å². The van der Waals surface area contributed by atoms with Crippen LogP contribution in [0.1, 0.15) is 37.5 Å². The molecule has 0 aromatic heterocycles. The standard InChI is InChI=1S/C13H16O/c1-3-11-8-9-14-10(2)12-6-4-5-7-13(11)12/h4-8,10H,3,9H2,1-2H3. The minimum atomic E-state index is 0.214. The fraction of sp³-hybridized carbons (Fsp3) is 0.385. The number of rotatable bonds is 1. The molecule has 1 heteroatoms. The molecule has 1 atom stereocenters. The molecule has 1 aromatic rings. The molecule has 0 amide bonds. The summed E-state index contributed by atoms with van der Waals surface area (Å²) < 4.78 is 5.68. The second kappa shape index (κ2) is 3.97. The average Bonchev–Trinajstić information content (AvgIpc) is 2.39. The van der Waals surface area contributed by atoms with Crippen LogP contribution in [0.3, 0.4) is 0 Å². The lowest BCUT2D eigenvalue weighted by molar-refractivity contribution is 0.0902. The van der Waals surface area contributed by atoms with Crippen molar-refractivity contribution in [3.8, 4) is 0 Å². The Morgan fingerprint density at radius 3 is 2.93 bits per heavy atom. The molecule has 0 saturated carbocycles. The van der Waals surface area contributed by atoms with Gasteiger partial charge in [0, 0.05) is 0 Å². The number of hydrogen-bond acceptors (Lipinski definition) is 1. The molecule has 0 radical (unpaired) electrons. The van der Waals surface area contributed by atoms with Crippen molar-refractivity contribution in [3.63, 3.8) is 0 Å². The van der Waals surface area contributed by atoms with Gasteiger partial charge >= 0.3 is 0 Å². The topological polar surface area (TPSA) is 9.23 Å². The second-order valence-corrected chi connectivity index (χ2v) is 3.65. The van der Waals surface area contributed by atoms with Gasteiger partial charge in [-0.2, -0.15) is 0 Å². The van der Waals surface area contributed by atoms with Crippen LogP contribution in [0, 0.1) is 0 Å². The monoisotopic (exact) mass is 188 g/mol. The van der Waals surface area contributed by atoms with E-state index in [9.17, 15) is 0 Å². The van der Waals surface area contributed by atoms with Gasteiger partial charge in [-0.25, -0.2) is 0 Å². The van der Waals surface area contributed by atoms with Gasteiger partial charge in [-0.3, -0.25) is 0 Å². The third kappa shape index (κ3) is 1.60. The predicted molar refractivity (Wildman–Crippen MR) is 59.1 cm³/mol. The number of benzene rings is 1. The van der Waals surface area contributed by atoms with Gasteiger partial charge in [-0.05, 0) is 30.0 Å². The molecular weight excluding hydrogens is 172 g/mol. The van der Waals surface area contributed by atoms with Crippen LogP contribution in [0.15, 0.2) is 30.3 Å². The molecule has 1 aliphatic heterocycles. The summed E-state index contributed by atoms with van der Waals surface area (Å²) in [5.74, 6) is 0. The molecule has 0 fully saturated rings. The van der Waals surface area contributed by atoms with Crippen LogP contribution in [0.25, 0.3) is 5.57 Å². The van der Waals surface area contributed by atoms with E-state index in [0.717, 1.165) is 13.0 Å². The highest BCUT2D eigenvalue weighted by Crippen LogP contribution is 2.30. The summed E-state index contributed by atoms with van der Waals surface area (Å²) in [6.07, 6.45) is 3.49. The van der Waals surface area contributed by atoms with Crippen LogP contribution in [0.2, 0.25) is 0 Å². The zero-order valence-corrected chi connectivity index (χ0v) is 8.79. The largest absolute Gasteiger partial charge is 0.370 e. The predicted octanol–water partition coefficient (Wildman–Crippen LogP) is 3.57. The summed E-state index contributed by atoms with van der Waals surface area (Å²) in [5, 5.41) is 0. The summed E-state index contributed by atoms with van der Waals surface area (Å²) in [4.78, 5) is 0. The first-order valence-electron chi connectivity index (χ1n) is 5.23. The van der Waals surface area contributed by atoms with Gasteiger partial charge in [-0.15, -0.1) is 0 Å². The molecule has 14 heavy (non-hydrogen) atoms. The lowest BCUT2D eigenvalue weighted by atomic mass is 9.96. The Bertz CT molecular complexity index is 352. The highest BCUT2D eigenvalue weighted by Gasteiger charge is 2.15. The molecule has 1 heterocycles. The molecule has 1 unspecified atom stereocenters. The molecule has 0 bridgehead atoms. The van der Waals surface area contributed by atoms with Crippen LogP contribution in [0.4, 0.5) is 0 Å². The number of ether oxygens (including phenoxy) is 1. The summed E-state index contributed by atoms with van der Waals surface area (Å²) in [6.45, 7) is 5.04. The Labute approximate surface area is 85.4 Å². The molecule has 1 nitrogen and oxygen atoms in total. The van der Waals surface area contributed by atoms with Gasteiger partial charge in [-0.1, -0.05) is 37.3 Å². The summed E-state index contributed by atoms with van der Waals surface area (Å²) in [5.41, 5.74) is 4.09. The summed E-state index contributed by atoms with van der Waals surface area (Å²) >= 11 is 0.